The van der Waals surface area contributed by atoms with Gasteiger partial charge in [-0.3, -0.25) is 14.5 Å². The number of nitrogens with one attached hydrogen (secondary N) is 2. The van der Waals surface area contributed by atoms with Gasteiger partial charge in [0.25, 0.3) is 5.56 Å². The Morgan fingerprint density at radius 3 is 2.50 bits per heavy atom. The van der Waals surface area contributed by atoms with E-state index in [-0.39, 0.29) is 24.1 Å². The van der Waals surface area contributed by atoms with Gasteiger partial charge in [0.15, 0.2) is 11.5 Å². The molecule has 164 valence electrons. The third-order valence-corrected chi connectivity index (χ3v) is 5.83. The maximum absolute atomic E-state index is 12.6. The van der Waals surface area contributed by atoms with Crippen molar-refractivity contribution in [3.63, 3.8) is 0 Å². The summed E-state index contributed by atoms with van der Waals surface area (Å²) in [5.41, 5.74) is 0.288. The van der Waals surface area contributed by atoms with Crippen LogP contribution in [0, 0.1) is 5.92 Å². The molecule has 30 heavy (non-hydrogen) atoms. The molecule has 8 heteroatoms. The average Bonchev–Trinajstić information content (AvgIpc) is 2.74. The number of carbonyl (C=O) groups is 1. The Kier molecular flexibility index (Phi) is 7.31. The van der Waals surface area contributed by atoms with Crippen LogP contribution < -0.4 is 20.3 Å². The molecule has 1 aromatic heterocycles. The van der Waals surface area contributed by atoms with Crippen LogP contribution in [0.1, 0.15) is 45.4 Å². The van der Waals surface area contributed by atoms with Gasteiger partial charge in [0, 0.05) is 12.1 Å². The molecule has 0 radical (unpaired) electrons. The van der Waals surface area contributed by atoms with Crippen molar-refractivity contribution in [2.24, 2.45) is 5.92 Å². The van der Waals surface area contributed by atoms with Gasteiger partial charge >= 0.3 is 0 Å². The van der Waals surface area contributed by atoms with Gasteiger partial charge in [-0.25, -0.2) is 4.98 Å². The van der Waals surface area contributed by atoms with Gasteiger partial charge in [-0.1, -0.05) is 13.8 Å². The van der Waals surface area contributed by atoms with Gasteiger partial charge in [-0.05, 0) is 44.2 Å². The van der Waals surface area contributed by atoms with Crippen LogP contribution in [0.5, 0.6) is 11.5 Å². The predicted molar refractivity (Wildman–Crippen MR) is 116 cm³/mol. The molecule has 1 aliphatic rings. The van der Waals surface area contributed by atoms with E-state index in [1.807, 2.05) is 11.8 Å². The maximum Gasteiger partial charge on any atom is 0.258 e. The summed E-state index contributed by atoms with van der Waals surface area (Å²) in [6.45, 7) is 5.58. The number of ether oxygens (including phenoxy) is 2. The highest BCUT2D eigenvalue weighted by Gasteiger charge is 2.21. The van der Waals surface area contributed by atoms with E-state index in [0.717, 1.165) is 18.8 Å². The number of likely N-dealkylation sites (N-methyl/N-ethyl adjacent to an activating group) is 1. The van der Waals surface area contributed by atoms with Crippen molar-refractivity contribution >= 4 is 16.8 Å². The molecule has 0 unspecified atom stereocenters. The van der Waals surface area contributed by atoms with Crippen LogP contribution >= 0.6 is 0 Å². The van der Waals surface area contributed by atoms with Crippen molar-refractivity contribution in [1.29, 1.82) is 0 Å². The lowest BCUT2D eigenvalue weighted by Gasteiger charge is -2.28. The molecule has 1 aromatic carbocycles. The Morgan fingerprint density at radius 1 is 1.20 bits per heavy atom. The molecule has 0 bridgehead atoms. The van der Waals surface area contributed by atoms with Gasteiger partial charge in [-0.2, -0.15) is 0 Å². The normalized spacial score (nSPS) is 19.1. The Labute approximate surface area is 177 Å². The largest absolute Gasteiger partial charge is 0.493 e. The Morgan fingerprint density at radius 2 is 1.87 bits per heavy atom. The molecule has 1 heterocycles. The van der Waals surface area contributed by atoms with E-state index in [9.17, 15) is 9.59 Å². The summed E-state index contributed by atoms with van der Waals surface area (Å²) < 4.78 is 10.6. The van der Waals surface area contributed by atoms with Gasteiger partial charge in [-0.15, -0.1) is 0 Å². The van der Waals surface area contributed by atoms with E-state index in [0.29, 0.717) is 41.3 Å². The van der Waals surface area contributed by atoms with Crippen LogP contribution in [0.2, 0.25) is 0 Å². The number of carbonyl (C=O) groups excluding carboxylic acids is 1. The van der Waals surface area contributed by atoms with Crippen LogP contribution in [-0.2, 0) is 11.3 Å². The fraction of sp³-hybridized carbons (Fsp3) is 0.591. The van der Waals surface area contributed by atoms with E-state index in [1.165, 1.54) is 20.0 Å². The van der Waals surface area contributed by atoms with E-state index in [4.69, 9.17) is 9.47 Å². The van der Waals surface area contributed by atoms with Crippen LogP contribution in [0.15, 0.2) is 16.9 Å². The standard InChI is InChI=1S/C22H32N4O4/c1-5-26(13-21(27)23-15-8-6-14(2)7-9-15)12-20-24-17-11-19(30-4)18(29-3)10-16(17)22(28)25-20/h10-11,14-15H,5-9,12-13H2,1-4H3,(H,23,27)(H,24,25,28). The van der Waals surface area contributed by atoms with Crippen molar-refractivity contribution in [2.75, 3.05) is 27.3 Å². The number of fused-ring (bicyclic) bond motifs is 1. The molecule has 3 rings (SSSR count). The zero-order chi connectivity index (χ0) is 21.7. The minimum atomic E-state index is -0.243. The first-order valence-electron chi connectivity index (χ1n) is 10.6. The second kappa shape index (κ2) is 9.93. The van der Waals surface area contributed by atoms with Crippen molar-refractivity contribution in [2.45, 2.75) is 52.1 Å². The number of aromatic amines is 1. The first kappa shape index (κ1) is 22.1. The lowest BCUT2D eigenvalue weighted by molar-refractivity contribution is -0.123. The average molecular weight is 417 g/mol. The first-order valence-corrected chi connectivity index (χ1v) is 10.6. The Bertz CT molecular complexity index is 935. The van der Waals surface area contributed by atoms with Gasteiger partial charge in [0.1, 0.15) is 5.82 Å². The number of nitrogens with zero attached hydrogens (tertiary/aromatic N) is 2. The molecule has 2 aromatic rings. The van der Waals surface area contributed by atoms with Crippen LogP contribution in [0.3, 0.4) is 0 Å². The van der Waals surface area contributed by atoms with Gasteiger partial charge < -0.3 is 19.8 Å². The Balaban J connectivity index is 1.70. The highest BCUT2D eigenvalue weighted by Crippen LogP contribution is 2.30. The van der Waals surface area contributed by atoms with Crippen molar-refractivity contribution < 1.29 is 14.3 Å². The summed E-state index contributed by atoms with van der Waals surface area (Å²) in [4.78, 5) is 34.4. The van der Waals surface area contributed by atoms with E-state index in [1.54, 1.807) is 19.2 Å². The zero-order valence-electron chi connectivity index (χ0n) is 18.3. The summed E-state index contributed by atoms with van der Waals surface area (Å²) in [6.07, 6.45) is 4.42. The Hall–Kier alpha value is -2.61. The molecular formula is C22H32N4O4. The van der Waals surface area contributed by atoms with Gasteiger partial charge in [0.2, 0.25) is 5.91 Å². The molecule has 0 saturated heterocycles. The number of hydrogen-bond donors (Lipinski definition) is 2. The van der Waals surface area contributed by atoms with Gasteiger partial charge in [0.05, 0.1) is 38.2 Å². The number of aromatic nitrogens is 2. The number of amides is 1. The van der Waals surface area contributed by atoms with Crippen LogP contribution in [-0.4, -0.2) is 54.1 Å². The second-order valence-corrected chi connectivity index (χ2v) is 8.06. The molecule has 1 aliphatic carbocycles. The monoisotopic (exact) mass is 416 g/mol. The summed E-state index contributed by atoms with van der Waals surface area (Å²) in [5, 5.41) is 3.59. The van der Waals surface area contributed by atoms with Crippen molar-refractivity contribution in [3.05, 3.63) is 28.3 Å². The maximum atomic E-state index is 12.6. The zero-order valence-corrected chi connectivity index (χ0v) is 18.3. The topological polar surface area (TPSA) is 96.6 Å². The number of methoxy groups -OCH3 is 2. The summed E-state index contributed by atoms with van der Waals surface area (Å²) in [6, 6.07) is 3.59. The summed E-state index contributed by atoms with van der Waals surface area (Å²) in [7, 11) is 3.07. The molecule has 1 amide bonds. The SMILES string of the molecule is CCN(CC(=O)NC1CCC(C)CC1)Cc1nc2cc(OC)c(OC)cc2c(=O)[nH]1. The lowest BCUT2D eigenvalue weighted by atomic mass is 9.87. The minimum absolute atomic E-state index is 0.0194. The quantitative estimate of drug-likeness (QED) is 0.686. The number of benzene rings is 1. The lowest BCUT2D eigenvalue weighted by Crippen LogP contribution is -2.43. The summed E-state index contributed by atoms with van der Waals surface area (Å²) >= 11 is 0. The number of H-pyrrole nitrogens is 1. The third-order valence-electron chi connectivity index (χ3n) is 5.83. The molecular weight excluding hydrogens is 384 g/mol. The summed E-state index contributed by atoms with van der Waals surface area (Å²) in [5.74, 6) is 2.28. The third kappa shape index (κ3) is 5.30. The van der Waals surface area contributed by atoms with E-state index >= 15 is 0 Å². The van der Waals surface area contributed by atoms with Crippen LogP contribution in [0.4, 0.5) is 0 Å². The molecule has 0 spiro atoms. The van der Waals surface area contributed by atoms with Crippen molar-refractivity contribution in [1.82, 2.24) is 20.2 Å². The molecule has 0 atom stereocenters. The molecule has 2 N–H and O–H groups in total. The highest BCUT2D eigenvalue weighted by molar-refractivity contribution is 5.82. The molecule has 1 fully saturated rings. The molecule has 0 aliphatic heterocycles. The van der Waals surface area contributed by atoms with E-state index in [2.05, 4.69) is 22.2 Å². The highest BCUT2D eigenvalue weighted by atomic mass is 16.5. The number of rotatable bonds is 8. The smallest absolute Gasteiger partial charge is 0.258 e. The van der Waals surface area contributed by atoms with E-state index < -0.39 is 0 Å². The molecule has 8 nitrogen and oxygen atoms in total. The molecule has 1 saturated carbocycles. The fourth-order valence-electron chi connectivity index (χ4n) is 3.96. The first-order chi connectivity index (χ1) is 14.4. The minimum Gasteiger partial charge on any atom is -0.493 e. The second-order valence-electron chi connectivity index (χ2n) is 8.06. The van der Waals surface area contributed by atoms with Crippen molar-refractivity contribution in [3.8, 4) is 11.5 Å². The number of hydrogen-bond acceptors (Lipinski definition) is 6. The fourth-order valence-corrected chi connectivity index (χ4v) is 3.96. The predicted octanol–water partition coefficient (Wildman–Crippen LogP) is 2.46. The van der Waals surface area contributed by atoms with Crippen LogP contribution in [0.25, 0.3) is 10.9 Å².